The third-order valence-electron chi connectivity index (χ3n) is 5.91. The van der Waals surface area contributed by atoms with Crippen LogP contribution in [0.25, 0.3) is 16.5 Å². The van der Waals surface area contributed by atoms with Crippen LogP contribution < -0.4 is 16.1 Å². The molecular formula is C24H24N8O2. The molecule has 4 N–H and O–H groups in total. The van der Waals surface area contributed by atoms with Crippen molar-refractivity contribution in [1.29, 1.82) is 0 Å². The van der Waals surface area contributed by atoms with Gasteiger partial charge in [-0.25, -0.2) is 9.79 Å². The molecule has 1 unspecified atom stereocenters. The van der Waals surface area contributed by atoms with Crippen LogP contribution in [0.15, 0.2) is 59.0 Å². The fourth-order valence-corrected chi connectivity index (χ4v) is 4.12. The van der Waals surface area contributed by atoms with E-state index in [4.69, 9.17) is 0 Å². The van der Waals surface area contributed by atoms with E-state index in [0.29, 0.717) is 17.7 Å². The summed E-state index contributed by atoms with van der Waals surface area (Å²) in [5.74, 6) is 0.562. The average Bonchev–Trinajstić information content (AvgIpc) is 3.47. The minimum atomic E-state index is -0.221. The number of fused-ring (bicyclic) bond motifs is 2. The minimum absolute atomic E-state index is 0.0727. The number of hydrogen-bond donors (Lipinski definition) is 4. The largest absolute Gasteiger partial charge is 0.355 e. The number of amides is 3. The Labute approximate surface area is 195 Å². The summed E-state index contributed by atoms with van der Waals surface area (Å²) in [5, 5.41) is 10.9. The first-order valence-electron chi connectivity index (χ1n) is 10.8. The van der Waals surface area contributed by atoms with E-state index in [2.05, 4.69) is 36.1 Å². The number of benzene rings is 1. The number of amidine groups is 1. The molecule has 10 nitrogen and oxygen atoms in total. The predicted molar refractivity (Wildman–Crippen MR) is 132 cm³/mol. The highest BCUT2D eigenvalue weighted by atomic mass is 16.2. The maximum Gasteiger partial charge on any atom is 0.321 e. The van der Waals surface area contributed by atoms with Gasteiger partial charge in [-0.3, -0.25) is 15.2 Å². The fourth-order valence-electron chi connectivity index (χ4n) is 4.12. The number of pyridine rings is 1. The lowest BCUT2D eigenvalue weighted by atomic mass is 9.88. The number of carbonyl (C=O) groups excluding carboxylic acids is 2. The number of urea groups is 1. The maximum atomic E-state index is 12.3. The second-order valence-electron chi connectivity index (χ2n) is 8.35. The van der Waals surface area contributed by atoms with Gasteiger partial charge in [0.1, 0.15) is 5.84 Å². The van der Waals surface area contributed by atoms with E-state index >= 15 is 0 Å². The predicted octanol–water partition coefficient (Wildman–Crippen LogP) is 2.78. The lowest BCUT2D eigenvalue weighted by Gasteiger charge is -2.19. The number of rotatable bonds is 4. The molecule has 0 aliphatic carbocycles. The Hall–Kier alpha value is -4.47. The van der Waals surface area contributed by atoms with Crippen LogP contribution in [-0.4, -0.2) is 59.5 Å². The van der Waals surface area contributed by atoms with Crippen molar-refractivity contribution in [2.45, 2.75) is 6.42 Å². The van der Waals surface area contributed by atoms with E-state index in [9.17, 15) is 9.59 Å². The fraction of sp³-hybridized carbons (Fsp3) is 0.208. The highest BCUT2D eigenvalue weighted by Crippen LogP contribution is 2.33. The van der Waals surface area contributed by atoms with Gasteiger partial charge in [0.25, 0.3) is 5.91 Å². The molecule has 0 saturated heterocycles. The molecule has 0 radical (unpaired) electrons. The van der Waals surface area contributed by atoms with E-state index in [1.54, 1.807) is 45.8 Å². The third kappa shape index (κ3) is 3.79. The van der Waals surface area contributed by atoms with Crippen molar-refractivity contribution < 1.29 is 9.59 Å². The number of hydrogen-bond acceptors (Lipinski definition) is 6. The van der Waals surface area contributed by atoms with Crippen LogP contribution in [0.5, 0.6) is 0 Å². The second-order valence-corrected chi connectivity index (χ2v) is 8.35. The van der Waals surface area contributed by atoms with Gasteiger partial charge in [-0.1, -0.05) is 6.07 Å². The average molecular weight is 457 g/mol. The zero-order chi connectivity index (χ0) is 23.8. The molecule has 34 heavy (non-hydrogen) atoms. The van der Waals surface area contributed by atoms with Gasteiger partial charge in [-0.2, -0.15) is 5.10 Å². The first-order valence-corrected chi connectivity index (χ1v) is 10.8. The zero-order valence-electron chi connectivity index (χ0n) is 19.0. The molecule has 1 aromatic carbocycles. The van der Waals surface area contributed by atoms with Crippen molar-refractivity contribution in [3.05, 3.63) is 65.7 Å². The normalized spacial score (nSPS) is 16.7. The number of aromatic amines is 1. The van der Waals surface area contributed by atoms with E-state index in [0.717, 1.165) is 39.3 Å². The topological polar surface area (TPSA) is 127 Å². The number of H-pyrrole nitrogens is 1. The molecule has 0 fully saturated rings. The van der Waals surface area contributed by atoms with Crippen LogP contribution in [-0.2, 0) is 0 Å². The van der Waals surface area contributed by atoms with Gasteiger partial charge in [0.2, 0.25) is 0 Å². The van der Waals surface area contributed by atoms with Crippen molar-refractivity contribution in [3.63, 3.8) is 0 Å². The molecule has 3 aromatic rings. The van der Waals surface area contributed by atoms with Crippen molar-refractivity contribution in [2.75, 3.05) is 26.5 Å². The van der Waals surface area contributed by atoms with Crippen LogP contribution in [0.4, 0.5) is 10.5 Å². The molecule has 4 heterocycles. The molecule has 172 valence electrons. The zero-order valence-corrected chi connectivity index (χ0v) is 19.0. The van der Waals surface area contributed by atoms with E-state index < -0.39 is 0 Å². The highest BCUT2D eigenvalue weighted by molar-refractivity contribution is 6.20. The number of aliphatic imine (C=N–C) groups is 1. The molecule has 5 rings (SSSR count). The van der Waals surface area contributed by atoms with Crippen LogP contribution in [0.2, 0.25) is 0 Å². The molecule has 0 bridgehead atoms. The van der Waals surface area contributed by atoms with Crippen molar-refractivity contribution in [1.82, 2.24) is 25.6 Å². The molecular weight excluding hydrogens is 432 g/mol. The molecule has 10 heteroatoms. The van der Waals surface area contributed by atoms with Crippen molar-refractivity contribution in [2.24, 2.45) is 16.0 Å². The van der Waals surface area contributed by atoms with Gasteiger partial charge >= 0.3 is 6.03 Å². The summed E-state index contributed by atoms with van der Waals surface area (Å²) in [7, 11) is 4.98. The van der Waals surface area contributed by atoms with Crippen LogP contribution in [0.3, 0.4) is 0 Å². The molecule has 2 aliphatic rings. The lowest BCUT2D eigenvalue weighted by molar-refractivity contribution is 0.0964. The summed E-state index contributed by atoms with van der Waals surface area (Å²) < 4.78 is 0. The van der Waals surface area contributed by atoms with E-state index in [-0.39, 0.29) is 17.9 Å². The van der Waals surface area contributed by atoms with Gasteiger partial charge < -0.3 is 20.5 Å². The number of nitrogens with one attached hydrogen (secondary N) is 4. The number of carbonyl (C=O) groups is 2. The number of hydrazone groups is 1. The summed E-state index contributed by atoms with van der Waals surface area (Å²) in [6, 6.07) is 9.22. The quantitative estimate of drug-likeness (QED) is 0.481. The lowest BCUT2D eigenvalue weighted by Crippen LogP contribution is -2.27. The second kappa shape index (κ2) is 8.47. The summed E-state index contributed by atoms with van der Waals surface area (Å²) in [4.78, 5) is 38.0. The van der Waals surface area contributed by atoms with Crippen LogP contribution in [0.1, 0.15) is 28.0 Å². The van der Waals surface area contributed by atoms with Crippen molar-refractivity contribution >= 4 is 45.6 Å². The van der Waals surface area contributed by atoms with Gasteiger partial charge in [0, 0.05) is 50.0 Å². The van der Waals surface area contributed by atoms with Gasteiger partial charge in [0.15, 0.2) is 0 Å². The molecule has 0 saturated carbocycles. The Morgan fingerprint density at radius 1 is 1.18 bits per heavy atom. The van der Waals surface area contributed by atoms with Gasteiger partial charge in [0.05, 0.1) is 29.2 Å². The number of anilines is 1. The Kier molecular flexibility index (Phi) is 5.33. The molecule has 3 amide bonds. The first-order chi connectivity index (χ1) is 16.4. The Balaban J connectivity index is 1.42. The SMILES string of the molecule is CNC(=O)c1cccc2[nH]c(C3=NNC4=NC=C(c5cncc(NC(=O)N(C)C)c5)CC43)cc12. The molecule has 0 spiro atoms. The van der Waals surface area contributed by atoms with Gasteiger partial charge in [-0.05, 0) is 41.8 Å². The molecule has 2 aliphatic heterocycles. The Morgan fingerprint density at radius 2 is 2.03 bits per heavy atom. The van der Waals surface area contributed by atoms with E-state index in [1.165, 1.54) is 4.90 Å². The van der Waals surface area contributed by atoms with Gasteiger partial charge in [-0.15, -0.1) is 0 Å². The maximum absolute atomic E-state index is 12.3. The van der Waals surface area contributed by atoms with E-state index in [1.807, 2.05) is 24.3 Å². The highest BCUT2D eigenvalue weighted by Gasteiger charge is 2.33. The first kappa shape index (κ1) is 21.4. The number of aromatic nitrogens is 2. The summed E-state index contributed by atoms with van der Waals surface area (Å²) >= 11 is 0. The van der Waals surface area contributed by atoms with Crippen LogP contribution in [0, 0.1) is 5.92 Å². The smallest absolute Gasteiger partial charge is 0.321 e. The molecule has 2 aromatic heterocycles. The Morgan fingerprint density at radius 3 is 2.82 bits per heavy atom. The minimum Gasteiger partial charge on any atom is -0.355 e. The Bertz CT molecular complexity index is 1400. The summed E-state index contributed by atoms with van der Waals surface area (Å²) in [5.41, 5.74) is 8.65. The summed E-state index contributed by atoms with van der Waals surface area (Å²) in [6.07, 6.45) is 5.84. The monoisotopic (exact) mass is 456 g/mol. The van der Waals surface area contributed by atoms with Crippen LogP contribution >= 0.6 is 0 Å². The molecule has 1 atom stereocenters. The number of nitrogens with zero attached hydrogens (tertiary/aromatic N) is 4. The standard InChI is InChI=1S/C24H24N8O2/c1-25-23(33)16-5-4-6-19-17(16)9-20(29-19)21-18-8-14(11-27-22(18)31-30-21)13-7-15(12-26-10-13)28-24(34)32(2)3/h4-7,9-12,18,29H,8H2,1-3H3,(H,25,33)(H,27,31)(H,28,34). The summed E-state index contributed by atoms with van der Waals surface area (Å²) in [6.45, 7) is 0. The third-order valence-corrected chi connectivity index (χ3v) is 5.91. The van der Waals surface area contributed by atoms with Crippen molar-refractivity contribution in [3.8, 4) is 0 Å². The number of allylic oxidation sites excluding steroid dienone is 1.